The predicted octanol–water partition coefficient (Wildman–Crippen LogP) is 1.35. The van der Waals surface area contributed by atoms with Crippen LogP contribution in [0.1, 0.15) is 5.69 Å². The van der Waals surface area contributed by atoms with Crippen molar-refractivity contribution in [3.05, 3.63) is 30.0 Å². The van der Waals surface area contributed by atoms with E-state index in [0.29, 0.717) is 0 Å². The topological polar surface area (TPSA) is 41.1 Å². The van der Waals surface area contributed by atoms with Gasteiger partial charge < -0.3 is 10.2 Å². The lowest BCUT2D eigenvalue weighted by Crippen LogP contribution is -2.44. The van der Waals surface area contributed by atoms with Crippen LogP contribution in [0, 0.1) is 6.92 Å². The molecule has 1 aromatic carbocycles. The Labute approximate surface area is 101 Å². The Kier molecular flexibility index (Phi) is 2.65. The minimum Gasteiger partial charge on any atom is -0.338 e. The molecular weight excluding hydrogens is 212 g/mol. The van der Waals surface area contributed by atoms with E-state index in [-0.39, 0.29) is 0 Å². The van der Waals surface area contributed by atoms with Gasteiger partial charge in [-0.05, 0) is 13.0 Å². The Hall–Kier alpha value is -1.68. The molecule has 88 valence electrons. The monoisotopic (exact) mass is 228 g/mol. The van der Waals surface area contributed by atoms with Crippen LogP contribution in [-0.4, -0.2) is 36.1 Å². The molecule has 17 heavy (non-hydrogen) atoms. The van der Waals surface area contributed by atoms with Gasteiger partial charge in [0, 0.05) is 31.6 Å². The van der Waals surface area contributed by atoms with Crippen molar-refractivity contribution in [2.75, 3.05) is 31.1 Å². The largest absolute Gasteiger partial charge is 0.338 e. The van der Waals surface area contributed by atoms with Crippen LogP contribution in [0.4, 0.5) is 5.95 Å². The van der Waals surface area contributed by atoms with E-state index >= 15 is 0 Å². The number of anilines is 1. The van der Waals surface area contributed by atoms with Crippen LogP contribution in [0.15, 0.2) is 24.3 Å². The molecule has 1 aliphatic heterocycles. The van der Waals surface area contributed by atoms with Crippen LogP contribution >= 0.6 is 0 Å². The molecule has 0 spiro atoms. The van der Waals surface area contributed by atoms with Crippen molar-refractivity contribution in [2.24, 2.45) is 0 Å². The summed E-state index contributed by atoms with van der Waals surface area (Å²) in [6, 6.07) is 8.18. The van der Waals surface area contributed by atoms with Crippen LogP contribution in [0.3, 0.4) is 0 Å². The van der Waals surface area contributed by atoms with Crippen molar-refractivity contribution in [3.8, 4) is 0 Å². The zero-order valence-corrected chi connectivity index (χ0v) is 9.98. The summed E-state index contributed by atoms with van der Waals surface area (Å²) in [5, 5.41) is 4.48. The summed E-state index contributed by atoms with van der Waals surface area (Å²) >= 11 is 0. The van der Waals surface area contributed by atoms with E-state index in [9.17, 15) is 0 Å². The van der Waals surface area contributed by atoms with E-state index in [2.05, 4.69) is 39.2 Å². The van der Waals surface area contributed by atoms with Gasteiger partial charge in [0.15, 0.2) is 0 Å². The molecule has 0 radical (unpaired) electrons. The van der Waals surface area contributed by atoms with Gasteiger partial charge in [-0.2, -0.15) is 0 Å². The fraction of sp³-hybridized carbons (Fsp3) is 0.385. The van der Waals surface area contributed by atoms with Gasteiger partial charge in [0.25, 0.3) is 0 Å². The number of rotatable bonds is 1. The summed E-state index contributed by atoms with van der Waals surface area (Å²) < 4.78 is 0. The highest BCUT2D eigenvalue weighted by molar-refractivity contribution is 5.81. The predicted molar refractivity (Wildman–Crippen MR) is 69.4 cm³/mol. The highest BCUT2D eigenvalue weighted by Gasteiger charge is 2.14. The maximum absolute atomic E-state index is 4.65. The molecule has 2 heterocycles. The third kappa shape index (κ3) is 1.96. The smallest absolute Gasteiger partial charge is 0.226 e. The minimum atomic E-state index is 0.864. The van der Waals surface area contributed by atoms with Gasteiger partial charge >= 0.3 is 0 Å². The highest BCUT2D eigenvalue weighted by Crippen LogP contribution is 2.18. The molecule has 4 heteroatoms. The third-order valence-corrected chi connectivity index (χ3v) is 3.18. The second-order valence-corrected chi connectivity index (χ2v) is 4.36. The lowest BCUT2D eigenvalue weighted by Gasteiger charge is -2.27. The van der Waals surface area contributed by atoms with Gasteiger partial charge in [-0.3, -0.25) is 0 Å². The van der Waals surface area contributed by atoms with Gasteiger partial charge in [-0.1, -0.05) is 18.2 Å². The van der Waals surface area contributed by atoms with E-state index in [1.54, 1.807) is 0 Å². The fourth-order valence-electron chi connectivity index (χ4n) is 2.23. The van der Waals surface area contributed by atoms with Gasteiger partial charge in [-0.25, -0.2) is 9.97 Å². The molecule has 0 amide bonds. The summed E-state index contributed by atoms with van der Waals surface area (Å²) in [6.07, 6.45) is 0. The van der Waals surface area contributed by atoms with Crippen molar-refractivity contribution in [3.63, 3.8) is 0 Å². The number of nitrogens with zero attached hydrogens (tertiary/aromatic N) is 3. The zero-order chi connectivity index (χ0) is 11.7. The number of para-hydroxylation sites is 1. The first kappa shape index (κ1) is 10.5. The summed E-state index contributed by atoms with van der Waals surface area (Å²) in [5.41, 5.74) is 2.10. The molecule has 0 bridgehead atoms. The molecule has 1 fully saturated rings. The van der Waals surface area contributed by atoms with Gasteiger partial charge in [0.1, 0.15) is 0 Å². The average molecular weight is 228 g/mol. The second kappa shape index (κ2) is 4.30. The standard InChI is InChI=1S/C13H16N4/c1-10-11-4-2-3-5-12(11)16-13(15-10)17-8-6-14-7-9-17/h2-5,14H,6-9H2,1H3. The molecule has 1 saturated heterocycles. The number of aryl methyl sites for hydroxylation is 1. The first-order valence-electron chi connectivity index (χ1n) is 6.03. The molecule has 3 rings (SSSR count). The van der Waals surface area contributed by atoms with E-state index in [1.807, 2.05) is 12.1 Å². The lowest BCUT2D eigenvalue weighted by atomic mass is 10.2. The number of aromatic nitrogens is 2. The Morgan fingerprint density at radius 2 is 1.88 bits per heavy atom. The van der Waals surface area contributed by atoms with Crippen LogP contribution in [0.2, 0.25) is 0 Å². The summed E-state index contributed by atoms with van der Waals surface area (Å²) in [5.74, 6) is 0.864. The molecule has 0 unspecified atom stereocenters. The molecule has 2 aromatic rings. The molecular formula is C13H16N4. The Bertz CT molecular complexity index is 532. The maximum Gasteiger partial charge on any atom is 0.226 e. The number of fused-ring (bicyclic) bond motifs is 1. The highest BCUT2D eigenvalue weighted by atomic mass is 15.3. The van der Waals surface area contributed by atoms with Gasteiger partial charge in [0.2, 0.25) is 5.95 Å². The summed E-state index contributed by atoms with van der Waals surface area (Å²) in [7, 11) is 0. The zero-order valence-electron chi connectivity index (χ0n) is 9.98. The number of nitrogens with one attached hydrogen (secondary N) is 1. The fourth-order valence-corrected chi connectivity index (χ4v) is 2.23. The molecule has 0 saturated carbocycles. The quantitative estimate of drug-likeness (QED) is 0.800. The van der Waals surface area contributed by atoms with Crippen molar-refractivity contribution < 1.29 is 0 Å². The number of hydrogen-bond donors (Lipinski definition) is 1. The summed E-state index contributed by atoms with van der Waals surface area (Å²) in [4.78, 5) is 11.5. The maximum atomic E-state index is 4.65. The van der Waals surface area contributed by atoms with E-state index in [1.165, 1.54) is 0 Å². The first-order valence-corrected chi connectivity index (χ1v) is 6.03. The normalized spacial score (nSPS) is 16.4. The van der Waals surface area contributed by atoms with Gasteiger partial charge in [-0.15, -0.1) is 0 Å². The molecule has 1 aromatic heterocycles. The van der Waals surface area contributed by atoms with Crippen molar-refractivity contribution in [1.82, 2.24) is 15.3 Å². The van der Waals surface area contributed by atoms with Crippen LogP contribution in [-0.2, 0) is 0 Å². The molecule has 1 aliphatic rings. The van der Waals surface area contributed by atoms with Crippen LogP contribution < -0.4 is 10.2 Å². The number of hydrogen-bond acceptors (Lipinski definition) is 4. The average Bonchev–Trinajstić information content (AvgIpc) is 2.40. The molecule has 0 aliphatic carbocycles. The molecule has 0 atom stereocenters. The first-order chi connectivity index (χ1) is 8.34. The van der Waals surface area contributed by atoms with E-state index in [4.69, 9.17) is 0 Å². The SMILES string of the molecule is Cc1nc(N2CCNCC2)nc2ccccc12. The van der Waals surface area contributed by atoms with Crippen LogP contribution in [0.25, 0.3) is 10.9 Å². The second-order valence-electron chi connectivity index (χ2n) is 4.36. The van der Waals surface area contributed by atoms with E-state index < -0.39 is 0 Å². The molecule has 4 nitrogen and oxygen atoms in total. The number of benzene rings is 1. The molecule has 1 N–H and O–H groups in total. The lowest BCUT2D eigenvalue weighted by molar-refractivity contribution is 0.580. The minimum absolute atomic E-state index is 0.864. The van der Waals surface area contributed by atoms with Crippen molar-refractivity contribution >= 4 is 16.9 Å². The van der Waals surface area contributed by atoms with Crippen LogP contribution in [0.5, 0.6) is 0 Å². The Morgan fingerprint density at radius 3 is 2.71 bits per heavy atom. The van der Waals surface area contributed by atoms with Gasteiger partial charge in [0.05, 0.1) is 11.2 Å². The Morgan fingerprint density at radius 1 is 1.12 bits per heavy atom. The van der Waals surface area contributed by atoms with Crippen molar-refractivity contribution in [2.45, 2.75) is 6.92 Å². The third-order valence-electron chi connectivity index (χ3n) is 3.18. The Balaban J connectivity index is 2.05. The van der Waals surface area contributed by atoms with Crippen molar-refractivity contribution in [1.29, 1.82) is 0 Å². The number of piperazine rings is 1. The summed E-state index contributed by atoms with van der Waals surface area (Å²) in [6.45, 7) is 6.04. The van der Waals surface area contributed by atoms with E-state index in [0.717, 1.165) is 48.7 Å².